The number of hydrogen-bond donors (Lipinski definition) is 0. The minimum absolute atomic E-state index is 0.141. The third-order valence-electron chi connectivity index (χ3n) is 1.80. The van der Waals surface area contributed by atoms with E-state index < -0.39 is 9.75 Å². The van der Waals surface area contributed by atoms with E-state index in [-0.39, 0.29) is 17.0 Å². The van der Waals surface area contributed by atoms with Crippen LogP contribution >= 0.6 is 38.5 Å². The molecule has 1 aromatic carbocycles. The zero-order valence-electron chi connectivity index (χ0n) is 7.74. The van der Waals surface area contributed by atoms with E-state index in [0.717, 1.165) is 0 Å². The summed E-state index contributed by atoms with van der Waals surface area (Å²) in [6.45, 7) is 1.65. The Morgan fingerprint density at radius 2 is 2.20 bits per heavy atom. The molecule has 6 heteroatoms. The van der Waals surface area contributed by atoms with Gasteiger partial charge in [0, 0.05) is 9.64 Å². The topological polar surface area (TPSA) is 60.2 Å². The molecule has 0 amide bonds. The fourth-order valence-electron chi connectivity index (χ4n) is 1.11. The highest BCUT2D eigenvalue weighted by Gasteiger charge is 2.25. The highest BCUT2D eigenvalue weighted by Crippen LogP contribution is 2.26. The van der Waals surface area contributed by atoms with Gasteiger partial charge in [-0.1, -0.05) is 22.0 Å². The van der Waals surface area contributed by atoms with E-state index in [4.69, 9.17) is 0 Å². The molecule has 0 N–H and O–H groups in total. The van der Waals surface area contributed by atoms with Crippen LogP contribution in [0.2, 0.25) is 0 Å². The van der Waals surface area contributed by atoms with Gasteiger partial charge < -0.3 is 0 Å². The number of halogens is 2. The fourth-order valence-corrected chi connectivity index (χ4v) is 2.09. The first kappa shape index (κ1) is 12.6. The molecule has 0 heterocycles. The average molecular weight is 384 g/mol. The third kappa shape index (κ3) is 2.75. The summed E-state index contributed by atoms with van der Waals surface area (Å²) < 4.78 is 0.595. The Kier molecular flexibility index (Phi) is 4.21. The Balaban J connectivity index is 3.37. The first-order chi connectivity index (χ1) is 6.95. The molecule has 0 spiro atoms. The number of nitrogens with zero attached hydrogens (tertiary/aromatic N) is 1. The van der Waals surface area contributed by atoms with Crippen molar-refractivity contribution in [3.05, 3.63) is 37.4 Å². The molecule has 4 nitrogen and oxygen atoms in total. The number of benzene rings is 1. The molecule has 1 aromatic rings. The van der Waals surface area contributed by atoms with E-state index in [2.05, 4.69) is 15.9 Å². The molecule has 80 valence electrons. The Bertz CT molecular complexity index is 420. The number of alkyl halides is 1. The summed E-state index contributed by atoms with van der Waals surface area (Å²) in [4.78, 5) is 21.5. The van der Waals surface area contributed by atoms with Gasteiger partial charge in [0.05, 0.1) is 9.75 Å². The Hall–Kier alpha value is -0.500. The van der Waals surface area contributed by atoms with E-state index in [1.807, 2.05) is 22.6 Å². The second kappa shape index (κ2) is 5.02. The van der Waals surface area contributed by atoms with E-state index in [9.17, 15) is 14.9 Å². The molecule has 0 saturated heterocycles. The largest absolute Gasteiger partial charge is 0.293 e. The van der Waals surface area contributed by atoms with Gasteiger partial charge in [0.1, 0.15) is 5.56 Å². The fraction of sp³-hybridized carbons (Fsp3) is 0.222. The van der Waals surface area contributed by atoms with Crippen molar-refractivity contribution in [2.24, 2.45) is 0 Å². The van der Waals surface area contributed by atoms with Crippen LogP contribution in [0.15, 0.2) is 18.2 Å². The molecule has 1 atom stereocenters. The van der Waals surface area contributed by atoms with Gasteiger partial charge in [-0.3, -0.25) is 14.9 Å². The Labute approximate surface area is 108 Å². The van der Waals surface area contributed by atoms with Crippen LogP contribution < -0.4 is 0 Å². The van der Waals surface area contributed by atoms with Gasteiger partial charge in [-0.05, 0) is 35.6 Å². The van der Waals surface area contributed by atoms with Gasteiger partial charge in [-0.2, -0.15) is 0 Å². The van der Waals surface area contributed by atoms with Gasteiger partial charge in [-0.25, -0.2) is 0 Å². The minimum atomic E-state index is -0.537. The van der Waals surface area contributed by atoms with Gasteiger partial charge in [0.15, 0.2) is 5.78 Å². The van der Waals surface area contributed by atoms with Crippen LogP contribution in [0.5, 0.6) is 0 Å². The second-order valence-electron chi connectivity index (χ2n) is 2.87. The molecule has 0 radical (unpaired) electrons. The number of Topliss-reactive ketones (excluding diaryl/α,β-unsaturated/α-hetero) is 1. The van der Waals surface area contributed by atoms with Crippen molar-refractivity contribution >= 4 is 50.0 Å². The van der Waals surface area contributed by atoms with E-state index in [1.54, 1.807) is 19.1 Å². The van der Waals surface area contributed by atoms with E-state index in [0.29, 0.717) is 3.57 Å². The number of ketones is 1. The van der Waals surface area contributed by atoms with Crippen LogP contribution in [0.4, 0.5) is 5.69 Å². The lowest BCUT2D eigenvalue weighted by Crippen LogP contribution is -2.14. The number of carbonyl (C=O) groups excluding carboxylic acids is 1. The molecular weight excluding hydrogens is 377 g/mol. The van der Waals surface area contributed by atoms with Crippen LogP contribution in [0.25, 0.3) is 0 Å². The van der Waals surface area contributed by atoms with Gasteiger partial charge in [-0.15, -0.1) is 0 Å². The molecule has 1 rings (SSSR count). The summed E-state index contributed by atoms with van der Waals surface area (Å²) >= 11 is 5.04. The first-order valence-electron chi connectivity index (χ1n) is 4.06. The predicted molar refractivity (Wildman–Crippen MR) is 68.5 cm³/mol. The first-order valence-corrected chi connectivity index (χ1v) is 6.05. The number of carbonyl (C=O) groups is 1. The molecule has 0 aliphatic rings. The van der Waals surface area contributed by atoms with Crippen LogP contribution in [0, 0.1) is 13.7 Å². The van der Waals surface area contributed by atoms with Crippen molar-refractivity contribution in [1.29, 1.82) is 0 Å². The quantitative estimate of drug-likeness (QED) is 0.265. The summed E-state index contributed by atoms with van der Waals surface area (Å²) in [5, 5.41) is 10.7. The maximum Gasteiger partial charge on any atom is 0.281 e. The van der Waals surface area contributed by atoms with Crippen molar-refractivity contribution in [3.8, 4) is 0 Å². The lowest BCUT2D eigenvalue weighted by atomic mass is 10.1. The van der Waals surface area contributed by atoms with Crippen molar-refractivity contribution in [2.45, 2.75) is 11.8 Å². The van der Waals surface area contributed by atoms with Crippen molar-refractivity contribution in [3.63, 3.8) is 0 Å². The maximum absolute atomic E-state index is 11.7. The molecule has 15 heavy (non-hydrogen) atoms. The third-order valence-corrected chi connectivity index (χ3v) is 3.11. The number of rotatable bonds is 3. The predicted octanol–water partition coefficient (Wildman–Crippen LogP) is 3.17. The van der Waals surface area contributed by atoms with Crippen molar-refractivity contribution < 1.29 is 9.72 Å². The smallest absolute Gasteiger partial charge is 0.281 e. The van der Waals surface area contributed by atoms with E-state index >= 15 is 0 Å². The maximum atomic E-state index is 11.7. The zero-order valence-corrected chi connectivity index (χ0v) is 11.5. The highest BCUT2D eigenvalue weighted by atomic mass is 127. The Morgan fingerprint density at radius 1 is 1.60 bits per heavy atom. The molecular formula is C9H7BrINO3. The summed E-state index contributed by atoms with van der Waals surface area (Å²) in [5.41, 5.74) is 0.0330. The molecule has 0 aromatic heterocycles. The normalized spacial score (nSPS) is 12.2. The highest BCUT2D eigenvalue weighted by molar-refractivity contribution is 14.1. The average Bonchev–Trinajstić information content (AvgIpc) is 2.16. The van der Waals surface area contributed by atoms with Crippen LogP contribution in [0.1, 0.15) is 17.3 Å². The SMILES string of the molecule is CC(Br)C(=O)c1c(I)cccc1[N+](=O)[O-]. The number of nitro benzene ring substituents is 1. The molecule has 0 aliphatic carbocycles. The second-order valence-corrected chi connectivity index (χ2v) is 5.41. The van der Waals surface area contributed by atoms with Crippen LogP contribution in [-0.2, 0) is 0 Å². The van der Waals surface area contributed by atoms with Crippen LogP contribution in [-0.4, -0.2) is 15.5 Å². The summed E-state index contributed by atoms with van der Waals surface area (Å²) in [6.07, 6.45) is 0. The zero-order chi connectivity index (χ0) is 11.6. The molecule has 1 unspecified atom stereocenters. The standard InChI is InChI=1S/C9H7BrINO3/c1-5(10)9(13)8-6(11)3-2-4-7(8)12(14)15/h2-5H,1H3. The van der Waals surface area contributed by atoms with Gasteiger partial charge >= 0.3 is 0 Å². The number of nitro groups is 1. The lowest BCUT2D eigenvalue weighted by Gasteiger charge is -2.05. The molecule has 0 aliphatic heterocycles. The summed E-state index contributed by atoms with van der Waals surface area (Å²) in [6, 6.07) is 4.58. The van der Waals surface area contributed by atoms with Crippen molar-refractivity contribution in [2.75, 3.05) is 0 Å². The van der Waals surface area contributed by atoms with E-state index in [1.165, 1.54) is 6.07 Å². The number of hydrogen-bond acceptors (Lipinski definition) is 3. The molecule has 0 bridgehead atoms. The molecule has 0 saturated carbocycles. The minimum Gasteiger partial charge on any atom is -0.293 e. The van der Waals surface area contributed by atoms with Gasteiger partial charge in [0.25, 0.3) is 5.69 Å². The summed E-state index contributed by atoms with van der Waals surface area (Å²) in [7, 11) is 0. The summed E-state index contributed by atoms with van der Waals surface area (Å²) in [5.74, 6) is -0.272. The monoisotopic (exact) mass is 383 g/mol. The lowest BCUT2D eigenvalue weighted by molar-refractivity contribution is -0.385. The molecule has 0 fully saturated rings. The Morgan fingerprint density at radius 3 is 2.67 bits per heavy atom. The van der Waals surface area contributed by atoms with Crippen molar-refractivity contribution in [1.82, 2.24) is 0 Å². The van der Waals surface area contributed by atoms with Crippen LogP contribution in [0.3, 0.4) is 0 Å². The van der Waals surface area contributed by atoms with Gasteiger partial charge in [0.2, 0.25) is 0 Å².